The molecule has 0 fully saturated rings. The number of aliphatic carboxylic acids is 2. The topological polar surface area (TPSA) is 135 Å². The van der Waals surface area contributed by atoms with Crippen LogP contribution in [0, 0.1) is 11.3 Å². The first-order valence-electron chi connectivity index (χ1n) is 8.04. The van der Waals surface area contributed by atoms with Crippen LogP contribution in [0.3, 0.4) is 0 Å². The van der Waals surface area contributed by atoms with Crippen molar-refractivity contribution < 1.29 is 34.2 Å². The van der Waals surface area contributed by atoms with E-state index in [-0.39, 0.29) is 0 Å². The van der Waals surface area contributed by atoms with Crippen molar-refractivity contribution in [3.05, 3.63) is 0 Å². The van der Waals surface area contributed by atoms with Gasteiger partial charge in [0, 0.05) is 0 Å². The summed E-state index contributed by atoms with van der Waals surface area (Å²) in [7, 11) is -3.21. The van der Waals surface area contributed by atoms with Crippen LogP contribution in [0.5, 0.6) is 0 Å². The third-order valence-corrected chi connectivity index (χ3v) is 5.56. The van der Waals surface area contributed by atoms with Gasteiger partial charge in [-0.05, 0) is 38.4 Å². The van der Waals surface area contributed by atoms with Gasteiger partial charge in [-0.15, -0.1) is 0 Å². The van der Waals surface area contributed by atoms with Gasteiger partial charge in [0.2, 0.25) is 0 Å². The summed E-state index contributed by atoms with van der Waals surface area (Å²) in [4.78, 5) is 43.5. The molecule has 0 aromatic rings. The molecule has 0 radical (unpaired) electrons. The van der Waals surface area contributed by atoms with Gasteiger partial charge in [-0.2, -0.15) is 0 Å². The predicted octanol–water partition coefficient (Wildman–Crippen LogP) is 1.86. The second-order valence-electron chi connectivity index (χ2n) is 6.94. The van der Waals surface area contributed by atoms with E-state index in [1.54, 1.807) is 0 Å². The number of carboxylic acids is 2. The summed E-state index contributed by atoms with van der Waals surface area (Å²) in [6, 6.07) is 0. The van der Waals surface area contributed by atoms with Crippen LogP contribution in [0.2, 0.25) is 0 Å². The number of unbranched alkanes of at least 4 members (excludes halogenated alkanes) is 2. The van der Waals surface area contributed by atoms with E-state index in [9.17, 15) is 29.0 Å². The molecule has 0 aliphatic rings. The predicted molar refractivity (Wildman–Crippen MR) is 90.0 cm³/mol. The molecule has 8 nitrogen and oxygen atoms in total. The lowest BCUT2D eigenvalue weighted by Gasteiger charge is -2.36. The maximum Gasteiger partial charge on any atom is 0.340 e. The summed E-state index contributed by atoms with van der Waals surface area (Å²) in [5.74, 6) is -4.98. The fraction of sp³-hybridized carbons (Fsp3) is 0.867. The Morgan fingerprint density at radius 3 is 2.00 bits per heavy atom. The Morgan fingerprint density at radius 1 is 1.08 bits per heavy atom. The SMILES string of the molecule is CCCCCN(C)CCC(C)(C)C(C(=O)O)C(C(=O)O)P(=O)(O)O. The molecular formula is C15H30NO7P. The first-order valence-corrected chi connectivity index (χ1v) is 9.72. The highest BCUT2D eigenvalue weighted by atomic mass is 31.2. The van der Waals surface area contributed by atoms with E-state index in [1.807, 2.05) is 11.9 Å². The average molecular weight is 367 g/mol. The van der Waals surface area contributed by atoms with Gasteiger partial charge in [-0.25, -0.2) is 0 Å². The Morgan fingerprint density at radius 2 is 1.62 bits per heavy atom. The Labute approximate surface area is 143 Å². The Balaban J connectivity index is 5.17. The zero-order chi connectivity index (χ0) is 19.1. The highest BCUT2D eigenvalue weighted by molar-refractivity contribution is 7.53. The van der Waals surface area contributed by atoms with Gasteiger partial charge in [-0.1, -0.05) is 33.6 Å². The Bertz CT molecular complexity index is 474. The number of carbonyl (C=O) groups is 2. The molecule has 142 valence electrons. The smallest absolute Gasteiger partial charge is 0.340 e. The second kappa shape index (κ2) is 9.51. The molecule has 24 heavy (non-hydrogen) atoms. The molecule has 9 heteroatoms. The van der Waals surface area contributed by atoms with Gasteiger partial charge in [0.05, 0.1) is 5.92 Å². The van der Waals surface area contributed by atoms with Crippen LogP contribution in [0.25, 0.3) is 0 Å². The van der Waals surface area contributed by atoms with Crippen molar-refractivity contribution in [2.45, 2.75) is 52.1 Å². The number of nitrogens with zero attached hydrogens (tertiary/aromatic N) is 1. The van der Waals surface area contributed by atoms with Gasteiger partial charge < -0.3 is 24.9 Å². The van der Waals surface area contributed by atoms with E-state index in [2.05, 4.69) is 6.92 Å². The summed E-state index contributed by atoms with van der Waals surface area (Å²) >= 11 is 0. The minimum atomic E-state index is -5.10. The molecule has 0 aromatic heterocycles. The molecule has 0 amide bonds. The number of rotatable bonds is 12. The molecule has 0 aromatic carbocycles. The third-order valence-electron chi connectivity index (χ3n) is 4.32. The monoisotopic (exact) mass is 367 g/mol. The largest absolute Gasteiger partial charge is 0.481 e. The first kappa shape index (κ1) is 23.1. The van der Waals surface area contributed by atoms with Crippen molar-refractivity contribution >= 4 is 19.5 Å². The molecule has 0 saturated carbocycles. The summed E-state index contributed by atoms with van der Waals surface area (Å²) < 4.78 is 11.5. The van der Waals surface area contributed by atoms with E-state index in [1.165, 1.54) is 13.8 Å². The highest BCUT2D eigenvalue weighted by Gasteiger charge is 2.52. The molecule has 0 heterocycles. The highest BCUT2D eigenvalue weighted by Crippen LogP contribution is 2.50. The molecule has 4 N–H and O–H groups in total. The van der Waals surface area contributed by atoms with Crippen molar-refractivity contribution in [3.63, 3.8) is 0 Å². The summed E-state index contributed by atoms with van der Waals surface area (Å²) in [6.45, 7) is 6.53. The Hall–Kier alpha value is -0.950. The molecule has 0 aliphatic heterocycles. The fourth-order valence-electron chi connectivity index (χ4n) is 2.76. The lowest BCUT2D eigenvalue weighted by molar-refractivity contribution is -0.152. The minimum Gasteiger partial charge on any atom is -0.481 e. The second-order valence-corrected chi connectivity index (χ2v) is 8.67. The van der Waals surface area contributed by atoms with Crippen LogP contribution in [0.15, 0.2) is 0 Å². The molecule has 0 rings (SSSR count). The van der Waals surface area contributed by atoms with Crippen molar-refractivity contribution in [1.82, 2.24) is 4.90 Å². The van der Waals surface area contributed by atoms with Crippen LogP contribution in [0.1, 0.15) is 46.5 Å². The van der Waals surface area contributed by atoms with Gasteiger partial charge in [0.1, 0.15) is 0 Å². The number of hydrogen-bond acceptors (Lipinski definition) is 4. The minimum absolute atomic E-state index is 0.316. The molecule has 2 unspecified atom stereocenters. The molecule has 0 spiro atoms. The summed E-state index contributed by atoms with van der Waals surface area (Å²) in [5.41, 5.74) is -3.34. The van der Waals surface area contributed by atoms with E-state index >= 15 is 0 Å². The van der Waals surface area contributed by atoms with Crippen LogP contribution in [-0.2, 0) is 14.2 Å². The maximum atomic E-state index is 11.6. The zero-order valence-electron chi connectivity index (χ0n) is 14.8. The van der Waals surface area contributed by atoms with E-state index in [0.717, 1.165) is 25.8 Å². The molecule has 0 saturated heterocycles. The van der Waals surface area contributed by atoms with Crippen molar-refractivity contribution in [2.75, 3.05) is 20.1 Å². The van der Waals surface area contributed by atoms with E-state index < -0.39 is 36.5 Å². The normalized spacial score (nSPS) is 15.3. The van der Waals surface area contributed by atoms with Crippen molar-refractivity contribution in [2.24, 2.45) is 11.3 Å². The van der Waals surface area contributed by atoms with E-state index in [0.29, 0.717) is 13.0 Å². The molecular weight excluding hydrogens is 337 g/mol. The standard InChI is InChI=1S/C15H30NO7P/c1-5-6-7-9-16(4)10-8-15(2,3)11(13(17)18)12(14(19)20)24(21,22)23/h11-12H,5-10H2,1-4H3,(H,17,18)(H,19,20)(H2,21,22,23). The van der Waals surface area contributed by atoms with Crippen molar-refractivity contribution in [3.8, 4) is 0 Å². The van der Waals surface area contributed by atoms with E-state index in [4.69, 9.17) is 5.11 Å². The van der Waals surface area contributed by atoms with Crippen LogP contribution < -0.4 is 0 Å². The Kier molecular flexibility index (Phi) is 9.14. The van der Waals surface area contributed by atoms with Crippen LogP contribution >= 0.6 is 7.60 Å². The van der Waals surface area contributed by atoms with Gasteiger partial charge in [0.25, 0.3) is 0 Å². The van der Waals surface area contributed by atoms with Crippen LogP contribution in [0.4, 0.5) is 0 Å². The third kappa shape index (κ3) is 7.30. The van der Waals surface area contributed by atoms with Crippen LogP contribution in [-0.4, -0.2) is 62.6 Å². The fourth-order valence-corrected chi connectivity index (χ4v) is 3.96. The summed E-state index contributed by atoms with van der Waals surface area (Å²) in [6.07, 6.45) is 3.50. The van der Waals surface area contributed by atoms with Gasteiger partial charge in [0.15, 0.2) is 5.66 Å². The first-order chi connectivity index (χ1) is 10.8. The molecule has 0 bridgehead atoms. The lowest BCUT2D eigenvalue weighted by Crippen LogP contribution is -2.45. The zero-order valence-corrected chi connectivity index (χ0v) is 15.7. The quantitative estimate of drug-likeness (QED) is 0.303. The van der Waals surface area contributed by atoms with Crippen molar-refractivity contribution in [1.29, 1.82) is 0 Å². The maximum absolute atomic E-state index is 11.6. The lowest BCUT2D eigenvalue weighted by atomic mass is 9.74. The van der Waals surface area contributed by atoms with Gasteiger partial charge >= 0.3 is 19.5 Å². The number of carboxylic acid groups (broad SMARTS) is 2. The number of hydrogen-bond donors (Lipinski definition) is 4. The summed E-state index contributed by atoms with van der Waals surface area (Å²) in [5, 5.41) is 18.6. The average Bonchev–Trinajstić information content (AvgIpc) is 2.40. The molecule has 0 aliphatic carbocycles. The van der Waals surface area contributed by atoms with Gasteiger partial charge in [-0.3, -0.25) is 14.2 Å². The molecule has 2 atom stereocenters.